The maximum absolute atomic E-state index is 11.3. The Labute approximate surface area is 115 Å². The predicted octanol–water partition coefficient (Wildman–Crippen LogP) is 2.56. The number of carbonyl (C=O) groups is 1. The van der Waals surface area contributed by atoms with Gasteiger partial charge in [-0.05, 0) is 50.6 Å². The highest BCUT2D eigenvalue weighted by Gasteiger charge is 2.28. The van der Waals surface area contributed by atoms with E-state index in [2.05, 4.69) is 21.9 Å². The van der Waals surface area contributed by atoms with E-state index in [9.17, 15) is 4.79 Å². The molecule has 2 aliphatic heterocycles. The van der Waals surface area contributed by atoms with Gasteiger partial charge in [0.05, 0.1) is 0 Å². The van der Waals surface area contributed by atoms with Gasteiger partial charge in [-0.3, -0.25) is 9.69 Å². The van der Waals surface area contributed by atoms with Crippen LogP contribution in [0.5, 0.6) is 0 Å². The number of Topliss-reactive ketones (excluding diaryl/α,β-unsaturated/α-hetero) is 1. The number of carbonyl (C=O) groups excluding carboxylic acids is 1. The zero-order chi connectivity index (χ0) is 13.2. The first-order chi connectivity index (χ1) is 9.24. The van der Waals surface area contributed by atoms with Gasteiger partial charge in [0.25, 0.3) is 0 Å². The molecule has 0 aromatic heterocycles. The number of rotatable bonds is 2. The summed E-state index contributed by atoms with van der Waals surface area (Å²) >= 11 is 0. The summed E-state index contributed by atoms with van der Waals surface area (Å²) in [4.78, 5) is 16.4. The molecule has 2 aliphatic rings. The van der Waals surface area contributed by atoms with Crippen LogP contribution in [-0.2, 0) is 0 Å². The number of piperazine rings is 1. The molecule has 0 bridgehead atoms. The van der Waals surface area contributed by atoms with Crippen molar-refractivity contribution in [2.75, 3.05) is 31.1 Å². The number of benzene rings is 1. The first-order valence-electron chi connectivity index (χ1n) is 7.34. The van der Waals surface area contributed by atoms with Crippen LogP contribution in [0.2, 0.25) is 0 Å². The molecular formula is C16H22N2O. The lowest BCUT2D eigenvalue weighted by molar-refractivity contribution is 0.101. The van der Waals surface area contributed by atoms with Gasteiger partial charge in [-0.15, -0.1) is 0 Å². The molecule has 0 radical (unpaired) electrons. The molecule has 2 saturated heterocycles. The summed E-state index contributed by atoms with van der Waals surface area (Å²) in [6, 6.07) is 8.82. The summed E-state index contributed by atoms with van der Waals surface area (Å²) in [5.74, 6) is 0.142. The lowest BCUT2D eigenvalue weighted by Gasteiger charge is -2.45. The zero-order valence-corrected chi connectivity index (χ0v) is 11.6. The van der Waals surface area contributed by atoms with Crippen LogP contribution in [0.3, 0.4) is 0 Å². The third-order valence-electron chi connectivity index (χ3n) is 4.48. The van der Waals surface area contributed by atoms with E-state index in [0.717, 1.165) is 24.7 Å². The van der Waals surface area contributed by atoms with Crippen molar-refractivity contribution in [2.24, 2.45) is 0 Å². The lowest BCUT2D eigenvalue weighted by atomic mass is 9.99. The second-order valence-electron chi connectivity index (χ2n) is 5.73. The summed E-state index contributed by atoms with van der Waals surface area (Å²) in [5.41, 5.74) is 2.07. The predicted molar refractivity (Wildman–Crippen MR) is 77.9 cm³/mol. The maximum Gasteiger partial charge on any atom is 0.159 e. The summed E-state index contributed by atoms with van der Waals surface area (Å²) in [6.07, 6.45) is 4.07. The Morgan fingerprint density at radius 1 is 1.11 bits per heavy atom. The molecule has 1 unspecified atom stereocenters. The Kier molecular flexibility index (Phi) is 3.56. The zero-order valence-electron chi connectivity index (χ0n) is 11.6. The van der Waals surface area contributed by atoms with Crippen LogP contribution in [0.4, 0.5) is 5.69 Å². The molecule has 0 spiro atoms. The summed E-state index contributed by atoms with van der Waals surface area (Å²) in [5, 5.41) is 0. The SMILES string of the molecule is CC(=O)c1ccc(N2CCN3CCCCC3C2)cc1. The van der Waals surface area contributed by atoms with Gasteiger partial charge in [0.1, 0.15) is 0 Å². The molecule has 2 heterocycles. The number of nitrogens with zero attached hydrogens (tertiary/aromatic N) is 2. The number of hydrogen-bond acceptors (Lipinski definition) is 3. The fraction of sp³-hybridized carbons (Fsp3) is 0.562. The van der Waals surface area contributed by atoms with Gasteiger partial charge < -0.3 is 4.90 Å². The quantitative estimate of drug-likeness (QED) is 0.762. The fourth-order valence-electron chi connectivity index (χ4n) is 3.30. The van der Waals surface area contributed by atoms with Crippen molar-refractivity contribution >= 4 is 11.5 Å². The van der Waals surface area contributed by atoms with Crippen molar-refractivity contribution in [1.82, 2.24) is 4.90 Å². The minimum absolute atomic E-state index is 0.142. The molecule has 102 valence electrons. The highest BCUT2D eigenvalue weighted by Crippen LogP contribution is 2.25. The van der Waals surface area contributed by atoms with Crippen molar-refractivity contribution in [1.29, 1.82) is 0 Å². The lowest BCUT2D eigenvalue weighted by Crippen LogP contribution is -2.54. The number of piperidine rings is 1. The van der Waals surface area contributed by atoms with Crippen LogP contribution in [-0.4, -0.2) is 42.9 Å². The molecular weight excluding hydrogens is 236 g/mol. The molecule has 0 amide bonds. The Hall–Kier alpha value is -1.35. The van der Waals surface area contributed by atoms with Gasteiger partial charge in [-0.2, -0.15) is 0 Å². The molecule has 1 aromatic rings. The first-order valence-corrected chi connectivity index (χ1v) is 7.34. The van der Waals surface area contributed by atoms with E-state index in [1.54, 1.807) is 6.92 Å². The average Bonchev–Trinajstić information content (AvgIpc) is 2.47. The Bertz CT molecular complexity index is 454. The smallest absolute Gasteiger partial charge is 0.159 e. The van der Waals surface area contributed by atoms with Gasteiger partial charge in [0.15, 0.2) is 5.78 Å². The van der Waals surface area contributed by atoms with E-state index in [1.165, 1.54) is 38.0 Å². The number of fused-ring (bicyclic) bond motifs is 1. The van der Waals surface area contributed by atoms with Crippen molar-refractivity contribution in [3.63, 3.8) is 0 Å². The normalized spacial score (nSPS) is 24.1. The van der Waals surface area contributed by atoms with Crippen LogP contribution in [0, 0.1) is 0 Å². The molecule has 2 fully saturated rings. The van der Waals surface area contributed by atoms with Crippen LogP contribution >= 0.6 is 0 Å². The van der Waals surface area contributed by atoms with Crippen LogP contribution in [0.1, 0.15) is 36.5 Å². The van der Waals surface area contributed by atoms with Crippen LogP contribution < -0.4 is 4.90 Å². The fourth-order valence-corrected chi connectivity index (χ4v) is 3.30. The summed E-state index contributed by atoms with van der Waals surface area (Å²) < 4.78 is 0. The Balaban J connectivity index is 1.70. The average molecular weight is 258 g/mol. The van der Waals surface area contributed by atoms with E-state index in [-0.39, 0.29) is 5.78 Å². The number of anilines is 1. The number of hydrogen-bond donors (Lipinski definition) is 0. The van der Waals surface area contributed by atoms with Crippen molar-refractivity contribution in [2.45, 2.75) is 32.2 Å². The van der Waals surface area contributed by atoms with E-state index in [1.807, 2.05) is 12.1 Å². The second-order valence-corrected chi connectivity index (χ2v) is 5.73. The molecule has 3 rings (SSSR count). The molecule has 0 aliphatic carbocycles. The van der Waals surface area contributed by atoms with Crippen molar-refractivity contribution in [3.8, 4) is 0 Å². The van der Waals surface area contributed by atoms with Gasteiger partial charge in [0.2, 0.25) is 0 Å². The maximum atomic E-state index is 11.3. The minimum Gasteiger partial charge on any atom is -0.369 e. The van der Waals surface area contributed by atoms with Gasteiger partial charge in [0, 0.05) is 36.9 Å². The van der Waals surface area contributed by atoms with E-state index >= 15 is 0 Å². The van der Waals surface area contributed by atoms with Gasteiger partial charge >= 0.3 is 0 Å². The van der Waals surface area contributed by atoms with Crippen molar-refractivity contribution < 1.29 is 4.79 Å². The molecule has 0 N–H and O–H groups in total. The monoisotopic (exact) mass is 258 g/mol. The third-order valence-corrected chi connectivity index (χ3v) is 4.48. The molecule has 1 atom stereocenters. The molecule has 3 nitrogen and oxygen atoms in total. The molecule has 19 heavy (non-hydrogen) atoms. The number of ketones is 1. The minimum atomic E-state index is 0.142. The summed E-state index contributed by atoms with van der Waals surface area (Å²) in [6.45, 7) is 6.33. The van der Waals surface area contributed by atoms with Gasteiger partial charge in [-0.1, -0.05) is 6.42 Å². The highest BCUT2D eigenvalue weighted by atomic mass is 16.1. The van der Waals surface area contributed by atoms with Crippen LogP contribution in [0.15, 0.2) is 24.3 Å². The second kappa shape index (κ2) is 5.33. The standard InChI is InChI=1S/C16H22N2O/c1-13(19)14-5-7-15(8-6-14)18-11-10-17-9-3-2-4-16(17)12-18/h5-8,16H,2-4,9-12H2,1H3. The molecule has 0 saturated carbocycles. The Morgan fingerprint density at radius 2 is 1.89 bits per heavy atom. The first kappa shape index (κ1) is 12.7. The molecule has 1 aromatic carbocycles. The topological polar surface area (TPSA) is 23.6 Å². The van der Waals surface area contributed by atoms with Crippen molar-refractivity contribution in [3.05, 3.63) is 29.8 Å². The van der Waals surface area contributed by atoms with Crippen LogP contribution in [0.25, 0.3) is 0 Å². The largest absolute Gasteiger partial charge is 0.369 e. The molecule has 3 heteroatoms. The van der Waals surface area contributed by atoms with Gasteiger partial charge in [-0.25, -0.2) is 0 Å². The van der Waals surface area contributed by atoms with E-state index < -0.39 is 0 Å². The van der Waals surface area contributed by atoms with E-state index in [0.29, 0.717) is 0 Å². The Morgan fingerprint density at radius 3 is 2.63 bits per heavy atom. The summed E-state index contributed by atoms with van der Waals surface area (Å²) in [7, 11) is 0. The highest BCUT2D eigenvalue weighted by molar-refractivity contribution is 5.94. The third kappa shape index (κ3) is 2.66. The van der Waals surface area contributed by atoms with E-state index in [4.69, 9.17) is 0 Å².